The Bertz CT molecular complexity index is 847. The molecule has 0 saturated carbocycles. The fourth-order valence-corrected chi connectivity index (χ4v) is 4.19. The Morgan fingerprint density at radius 1 is 1.21 bits per heavy atom. The topological polar surface area (TPSA) is 69.2 Å². The average molecular weight is 400 g/mol. The number of nitrogens with zero attached hydrogens (tertiary/aromatic N) is 5. The molecule has 1 fully saturated rings. The summed E-state index contributed by atoms with van der Waals surface area (Å²) in [6.45, 7) is 3.07. The maximum Gasteiger partial charge on any atom is 0.191 e. The number of pyridine rings is 1. The van der Waals surface area contributed by atoms with Crippen molar-refractivity contribution < 1.29 is 9.15 Å². The molecule has 1 aliphatic heterocycles. The second kappa shape index (κ2) is 9.36. The highest BCUT2D eigenvalue weighted by molar-refractivity contribution is 7.98. The summed E-state index contributed by atoms with van der Waals surface area (Å²) in [6.07, 6.45) is 5.97. The minimum absolute atomic E-state index is 0.235. The molecule has 8 heteroatoms. The Morgan fingerprint density at radius 3 is 2.93 bits per heavy atom. The molecule has 148 valence electrons. The number of rotatable bonds is 9. The highest BCUT2D eigenvalue weighted by atomic mass is 32.2. The molecule has 1 unspecified atom stereocenters. The normalized spacial score (nSPS) is 16.9. The van der Waals surface area contributed by atoms with E-state index in [1.54, 1.807) is 18.0 Å². The van der Waals surface area contributed by atoms with Gasteiger partial charge in [-0.25, -0.2) is 0 Å². The molecule has 0 amide bonds. The van der Waals surface area contributed by atoms with Crippen LogP contribution in [0.25, 0.3) is 0 Å². The lowest BCUT2D eigenvalue weighted by molar-refractivity contribution is 0.0933. The molecular weight excluding hydrogens is 374 g/mol. The third-order valence-electron chi connectivity index (χ3n) is 4.70. The van der Waals surface area contributed by atoms with E-state index >= 15 is 0 Å². The highest BCUT2D eigenvalue weighted by Crippen LogP contribution is 2.24. The van der Waals surface area contributed by atoms with E-state index in [-0.39, 0.29) is 6.10 Å². The Balaban J connectivity index is 1.47. The molecule has 0 bridgehead atoms. The van der Waals surface area contributed by atoms with Gasteiger partial charge in [0.05, 0.1) is 37.7 Å². The molecule has 1 saturated heterocycles. The number of hydrogen-bond acceptors (Lipinski definition) is 7. The molecule has 3 aromatic heterocycles. The summed E-state index contributed by atoms with van der Waals surface area (Å²) in [6, 6.07) is 9.87. The molecule has 4 heterocycles. The van der Waals surface area contributed by atoms with E-state index in [9.17, 15) is 0 Å². The van der Waals surface area contributed by atoms with Gasteiger partial charge in [-0.15, -0.1) is 10.2 Å². The van der Waals surface area contributed by atoms with Gasteiger partial charge in [0.25, 0.3) is 0 Å². The van der Waals surface area contributed by atoms with Crippen molar-refractivity contribution in [3.05, 3.63) is 60.1 Å². The van der Waals surface area contributed by atoms with Crippen LogP contribution in [0.4, 0.5) is 0 Å². The van der Waals surface area contributed by atoms with E-state index < -0.39 is 0 Å². The predicted octanol–water partition coefficient (Wildman–Crippen LogP) is 3.37. The van der Waals surface area contributed by atoms with Crippen LogP contribution in [0.1, 0.15) is 30.1 Å². The molecule has 1 atom stereocenters. The third kappa shape index (κ3) is 5.01. The number of thioether (sulfide) groups is 1. The van der Waals surface area contributed by atoms with Crippen LogP contribution in [0.15, 0.2) is 52.4 Å². The van der Waals surface area contributed by atoms with Crippen molar-refractivity contribution in [3.8, 4) is 0 Å². The zero-order valence-electron chi connectivity index (χ0n) is 16.0. The minimum Gasteiger partial charge on any atom is -0.468 e. The third-order valence-corrected chi connectivity index (χ3v) is 5.70. The van der Waals surface area contributed by atoms with Gasteiger partial charge in [-0.05, 0) is 44.2 Å². The molecule has 7 nitrogen and oxygen atoms in total. The Kier molecular flexibility index (Phi) is 6.41. The van der Waals surface area contributed by atoms with Crippen LogP contribution in [0.3, 0.4) is 0 Å². The highest BCUT2D eigenvalue weighted by Gasteiger charge is 2.22. The molecule has 0 N–H and O–H groups in total. The first-order valence-corrected chi connectivity index (χ1v) is 10.5. The van der Waals surface area contributed by atoms with E-state index in [0.29, 0.717) is 6.54 Å². The van der Waals surface area contributed by atoms with Crippen molar-refractivity contribution in [2.75, 3.05) is 13.7 Å². The minimum atomic E-state index is 0.235. The maximum absolute atomic E-state index is 5.86. The van der Waals surface area contributed by atoms with Crippen LogP contribution in [-0.4, -0.2) is 44.4 Å². The lowest BCUT2D eigenvalue weighted by atomic mass is 10.2. The summed E-state index contributed by atoms with van der Waals surface area (Å²) < 4.78 is 13.5. The second-order valence-electron chi connectivity index (χ2n) is 7.01. The average Bonchev–Trinajstić information content (AvgIpc) is 3.46. The van der Waals surface area contributed by atoms with Crippen molar-refractivity contribution in [1.82, 2.24) is 24.6 Å². The van der Waals surface area contributed by atoms with Gasteiger partial charge in [-0.2, -0.15) is 0 Å². The molecule has 4 rings (SSSR count). The lowest BCUT2D eigenvalue weighted by Crippen LogP contribution is -2.23. The molecule has 0 aromatic carbocycles. The zero-order chi connectivity index (χ0) is 19.2. The summed E-state index contributed by atoms with van der Waals surface area (Å²) in [5, 5.41) is 9.87. The van der Waals surface area contributed by atoms with Gasteiger partial charge in [-0.1, -0.05) is 17.8 Å². The largest absolute Gasteiger partial charge is 0.468 e. The number of aromatic nitrogens is 4. The monoisotopic (exact) mass is 399 g/mol. The van der Waals surface area contributed by atoms with Crippen LogP contribution in [-0.2, 0) is 30.1 Å². The first kappa shape index (κ1) is 19.2. The SMILES string of the molecule is CN(Cc1ccco1)Cc1nnc(SCc2ccccn2)n1CC1CCCO1. The molecule has 0 spiro atoms. The van der Waals surface area contributed by atoms with E-state index in [0.717, 1.165) is 60.7 Å². The first-order chi connectivity index (χ1) is 13.8. The molecule has 3 aromatic rings. The standard InChI is InChI=1S/C20H25N5O2S/c1-24(12-17-7-4-10-26-17)14-19-22-23-20(25(19)13-18-8-5-11-27-18)28-15-16-6-2-3-9-21-16/h2-4,6-7,9-10,18H,5,8,11-15H2,1H3. The van der Waals surface area contributed by atoms with Crippen LogP contribution in [0.5, 0.6) is 0 Å². The van der Waals surface area contributed by atoms with E-state index in [2.05, 4.69) is 31.7 Å². The van der Waals surface area contributed by atoms with Gasteiger partial charge in [0.1, 0.15) is 11.6 Å². The maximum atomic E-state index is 5.86. The summed E-state index contributed by atoms with van der Waals surface area (Å²) in [5.74, 6) is 2.66. The van der Waals surface area contributed by atoms with Crippen molar-refractivity contribution in [1.29, 1.82) is 0 Å². The van der Waals surface area contributed by atoms with Crippen molar-refractivity contribution >= 4 is 11.8 Å². The molecular formula is C20H25N5O2S. The van der Waals surface area contributed by atoms with Crippen molar-refractivity contribution in [2.45, 2.75) is 49.5 Å². The fourth-order valence-electron chi connectivity index (χ4n) is 3.31. The van der Waals surface area contributed by atoms with Crippen LogP contribution in [0, 0.1) is 0 Å². The van der Waals surface area contributed by atoms with Gasteiger partial charge in [0, 0.05) is 18.6 Å². The summed E-state index contributed by atoms with van der Waals surface area (Å²) >= 11 is 1.67. The van der Waals surface area contributed by atoms with Gasteiger partial charge < -0.3 is 13.7 Å². The molecule has 28 heavy (non-hydrogen) atoms. The zero-order valence-corrected chi connectivity index (χ0v) is 16.8. The smallest absolute Gasteiger partial charge is 0.191 e. The number of hydrogen-bond donors (Lipinski definition) is 0. The van der Waals surface area contributed by atoms with Gasteiger partial charge in [-0.3, -0.25) is 9.88 Å². The molecule has 0 aliphatic carbocycles. The Hall–Kier alpha value is -2.16. The summed E-state index contributed by atoms with van der Waals surface area (Å²) in [7, 11) is 2.06. The first-order valence-electron chi connectivity index (χ1n) is 9.55. The van der Waals surface area contributed by atoms with E-state index in [1.807, 2.05) is 36.5 Å². The lowest BCUT2D eigenvalue weighted by Gasteiger charge is -2.18. The Morgan fingerprint density at radius 2 is 2.18 bits per heavy atom. The summed E-state index contributed by atoms with van der Waals surface area (Å²) in [5.41, 5.74) is 1.04. The Labute approximate surface area is 169 Å². The van der Waals surface area contributed by atoms with Crippen LogP contribution in [0.2, 0.25) is 0 Å². The van der Waals surface area contributed by atoms with Crippen LogP contribution >= 0.6 is 11.8 Å². The molecule has 1 aliphatic rings. The van der Waals surface area contributed by atoms with Gasteiger partial charge >= 0.3 is 0 Å². The van der Waals surface area contributed by atoms with Crippen LogP contribution < -0.4 is 0 Å². The molecule has 0 radical (unpaired) electrons. The van der Waals surface area contributed by atoms with Gasteiger partial charge in [0.2, 0.25) is 0 Å². The van der Waals surface area contributed by atoms with Crippen molar-refractivity contribution in [2.24, 2.45) is 0 Å². The predicted molar refractivity (Wildman–Crippen MR) is 107 cm³/mol. The van der Waals surface area contributed by atoms with E-state index in [1.165, 1.54) is 0 Å². The van der Waals surface area contributed by atoms with E-state index in [4.69, 9.17) is 9.15 Å². The van der Waals surface area contributed by atoms with Gasteiger partial charge in [0.15, 0.2) is 5.16 Å². The second-order valence-corrected chi connectivity index (χ2v) is 7.95. The number of furan rings is 1. The quantitative estimate of drug-likeness (QED) is 0.511. The fraction of sp³-hybridized carbons (Fsp3) is 0.450. The summed E-state index contributed by atoms with van der Waals surface area (Å²) in [4.78, 5) is 6.58. The van der Waals surface area contributed by atoms with Crippen molar-refractivity contribution in [3.63, 3.8) is 0 Å². The number of ether oxygens (including phenoxy) is 1.